The zero-order valence-corrected chi connectivity index (χ0v) is 12.1. The van der Waals surface area contributed by atoms with E-state index in [2.05, 4.69) is 10.6 Å². The van der Waals surface area contributed by atoms with E-state index < -0.39 is 28.7 Å². The molecule has 0 unspecified atom stereocenters. The number of amides is 2. The van der Waals surface area contributed by atoms with Gasteiger partial charge in [0.05, 0.1) is 6.04 Å². The van der Waals surface area contributed by atoms with Crippen LogP contribution in [0.1, 0.15) is 24.4 Å². The van der Waals surface area contributed by atoms with Crippen molar-refractivity contribution in [3.05, 3.63) is 35.9 Å². The minimum Gasteiger partial charge on any atom is -0.345 e. The molecule has 0 bridgehead atoms. The average molecular weight is 294 g/mol. The lowest BCUT2D eigenvalue weighted by molar-refractivity contribution is -0.139. The Hall–Kier alpha value is -1.69. The molecule has 20 heavy (non-hydrogen) atoms. The highest BCUT2D eigenvalue weighted by Crippen LogP contribution is 2.18. The Morgan fingerprint density at radius 2 is 1.90 bits per heavy atom. The normalized spacial score (nSPS) is 17.1. The van der Waals surface area contributed by atoms with Gasteiger partial charge < -0.3 is 10.6 Å². The number of rotatable bonds is 5. The number of hydrogen-bond donors (Lipinski definition) is 2. The van der Waals surface area contributed by atoms with Crippen molar-refractivity contribution in [3.8, 4) is 0 Å². The zero-order chi connectivity index (χ0) is 14.5. The molecule has 2 atom stereocenters. The lowest BCUT2D eigenvalue weighted by Gasteiger charge is -2.17. The fourth-order valence-corrected chi connectivity index (χ4v) is 2.59. The van der Waals surface area contributed by atoms with Gasteiger partial charge in [-0.15, -0.1) is 0 Å². The summed E-state index contributed by atoms with van der Waals surface area (Å²) < 4.78 is 11.4. The smallest absolute Gasteiger partial charge is 0.309 e. The van der Waals surface area contributed by atoms with E-state index in [0.717, 1.165) is 18.4 Å². The van der Waals surface area contributed by atoms with Crippen LogP contribution in [-0.4, -0.2) is 34.1 Å². The summed E-state index contributed by atoms with van der Waals surface area (Å²) in [6.45, 7) is 0. The summed E-state index contributed by atoms with van der Waals surface area (Å²) in [5, 5.41) is 5.29. The SMILES string of the molecule is C[S@](=O)C[C@H](NC(=O)C(=O)NC1CC1)c1ccccc1. The highest BCUT2D eigenvalue weighted by molar-refractivity contribution is 7.84. The van der Waals surface area contributed by atoms with Crippen LogP contribution in [0.25, 0.3) is 0 Å². The summed E-state index contributed by atoms with van der Waals surface area (Å²) in [6.07, 6.45) is 3.44. The van der Waals surface area contributed by atoms with Crippen LogP contribution in [0, 0.1) is 0 Å². The molecule has 1 saturated carbocycles. The summed E-state index contributed by atoms with van der Waals surface area (Å²) >= 11 is 0. The van der Waals surface area contributed by atoms with Crippen LogP contribution in [0.15, 0.2) is 30.3 Å². The lowest BCUT2D eigenvalue weighted by atomic mass is 10.1. The standard InChI is InChI=1S/C14H18N2O3S/c1-20(19)9-12(10-5-3-2-4-6-10)16-14(18)13(17)15-11-7-8-11/h2-6,11-12H,7-9H2,1H3,(H,15,17)(H,16,18)/t12-,20-/m0/s1. The fraction of sp³-hybridized carbons (Fsp3) is 0.429. The van der Waals surface area contributed by atoms with Gasteiger partial charge in [0.1, 0.15) is 0 Å². The van der Waals surface area contributed by atoms with Crippen molar-refractivity contribution >= 4 is 22.6 Å². The molecule has 1 aromatic rings. The molecule has 1 aromatic carbocycles. The summed E-state index contributed by atoms with van der Waals surface area (Å²) in [4.78, 5) is 23.5. The third kappa shape index (κ3) is 4.45. The van der Waals surface area contributed by atoms with Gasteiger partial charge >= 0.3 is 11.8 Å². The Balaban J connectivity index is 2.01. The van der Waals surface area contributed by atoms with Gasteiger partial charge in [-0.3, -0.25) is 13.8 Å². The molecular formula is C14H18N2O3S. The quantitative estimate of drug-likeness (QED) is 0.777. The number of carbonyl (C=O) groups is 2. The molecule has 0 aliphatic heterocycles. The first kappa shape index (κ1) is 14.7. The highest BCUT2D eigenvalue weighted by Gasteiger charge is 2.27. The van der Waals surface area contributed by atoms with E-state index in [9.17, 15) is 13.8 Å². The molecule has 2 N–H and O–H groups in total. The number of carbonyl (C=O) groups excluding carboxylic acids is 2. The molecule has 0 heterocycles. The van der Waals surface area contributed by atoms with Crippen molar-refractivity contribution in [1.82, 2.24) is 10.6 Å². The average Bonchev–Trinajstić information content (AvgIpc) is 3.22. The van der Waals surface area contributed by atoms with Crippen molar-refractivity contribution in [1.29, 1.82) is 0 Å². The number of nitrogens with one attached hydrogen (secondary N) is 2. The van der Waals surface area contributed by atoms with Crippen molar-refractivity contribution in [2.45, 2.75) is 24.9 Å². The van der Waals surface area contributed by atoms with Crippen molar-refractivity contribution in [2.24, 2.45) is 0 Å². The van der Waals surface area contributed by atoms with Gasteiger partial charge in [0.2, 0.25) is 0 Å². The minimum atomic E-state index is -1.07. The Labute approximate surface area is 120 Å². The second-order valence-electron chi connectivity index (χ2n) is 4.92. The van der Waals surface area contributed by atoms with E-state index in [1.165, 1.54) is 0 Å². The first-order chi connectivity index (χ1) is 9.56. The molecule has 108 valence electrons. The molecule has 0 saturated heterocycles. The maximum Gasteiger partial charge on any atom is 0.309 e. The summed E-state index contributed by atoms with van der Waals surface area (Å²) in [6, 6.07) is 8.97. The molecule has 1 aliphatic rings. The van der Waals surface area contributed by atoms with E-state index in [1.807, 2.05) is 30.3 Å². The molecule has 1 aliphatic carbocycles. The lowest BCUT2D eigenvalue weighted by Crippen LogP contribution is -2.43. The number of benzene rings is 1. The van der Waals surface area contributed by atoms with Crippen LogP contribution in [0.3, 0.4) is 0 Å². The highest BCUT2D eigenvalue weighted by atomic mass is 32.2. The van der Waals surface area contributed by atoms with Gasteiger partial charge in [-0.25, -0.2) is 0 Å². The Kier molecular flexibility index (Phi) is 4.89. The van der Waals surface area contributed by atoms with Crippen LogP contribution in [-0.2, 0) is 20.4 Å². The Morgan fingerprint density at radius 3 is 2.45 bits per heavy atom. The predicted octanol–water partition coefficient (Wildman–Crippen LogP) is 0.501. The van der Waals surface area contributed by atoms with Crippen LogP contribution in [0.5, 0.6) is 0 Å². The fourth-order valence-electron chi connectivity index (χ4n) is 1.84. The first-order valence-corrected chi connectivity index (χ1v) is 8.25. The largest absolute Gasteiger partial charge is 0.345 e. The predicted molar refractivity (Wildman–Crippen MR) is 77.4 cm³/mol. The molecule has 2 amide bonds. The molecule has 0 radical (unpaired) electrons. The molecule has 2 rings (SSSR count). The summed E-state index contributed by atoms with van der Waals surface area (Å²) in [5.74, 6) is -1.00. The van der Waals surface area contributed by atoms with Gasteiger partial charge in [0.15, 0.2) is 0 Å². The molecule has 1 fully saturated rings. The Bertz CT molecular complexity index is 514. The van der Waals surface area contributed by atoms with Gasteiger partial charge in [-0.05, 0) is 18.4 Å². The summed E-state index contributed by atoms with van der Waals surface area (Å²) in [5.41, 5.74) is 0.843. The van der Waals surface area contributed by atoms with Gasteiger partial charge in [0.25, 0.3) is 0 Å². The van der Waals surface area contributed by atoms with E-state index in [-0.39, 0.29) is 11.8 Å². The van der Waals surface area contributed by atoms with E-state index in [1.54, 1.807) is 6.26 Å². The molecule has 0 spiro atoms. The van der Waals surface area contributed by atoms with Crippen molar-refractivity contribution < 1.29 is 13.8 Å². The second-order valence-corrected chi connectivity index (χ2v) is 6.40. The van der Waals surface area contributed by atoms with E-state index in [0.29, 0.717) is 0 Å². The van der Waals surface area contributed by atoms with Crippen molar-refractivity contribution in [2.75, 3.05) is 12.0 Å². The first-order valence-electron chi connectivity index (χ1n) is 6.52. The Morgan fingerprint density at radius 1 is 1.25 bits per heavy atom. The maximum atomic E-state index is 11.8. The molecule has 6 heteroatoms. The van der Waals surface area contributed by atoms with E-state index >= 15 is 0 Å². The van der Waals surface area contributed by atoms with Crippen LogP contribution in [0.4, 0.5) is 0 Å². The van der Waals surface area contributed by atoms with Gasteiger partial charge in [-0.1, -0.05) is 30.3 Å². The van der Waals surface area contributed by atoms with Crippen LogP contribution >= 0.6 is 0 Å². The van der Waals surface area contributed by atoms with Crippen molar-refractivity contribution in [3.63, 3.8) is 0 Å². The van der Waals surface area contributed by atoms with Crippen LogP contribution in [0.2, 0.25) is 0 Å². The van der Waals surface area contributed by atoms with E-state index in [4.69, 9.17) is 0 Å². The number of hydrogen-bond acceptors (Lipinski definition) is 3. The second kappa shape index (κ2) is 6.65. The topological polar surface area (TPSA) is 75.3 Å². The maximum absolute atomic E-state index is 11.8. The van der Waals surface area contributed by atoms with Gasteiger partial charge in [-0.2, -0.15) is 0 Å². The molecule has 0 aromatic heterocycles. The third-order valence-electron chi connectivity index (χ3n) is 3.03. The zero-order valence-electron chi connectivity index (χ0n) is 11.3. The summed E-state index contributed by atoms with van der Waals surface area (Å²) in [7, 11) is -1.07. The van der Waals surface area contributed by atoms with Crippen LogP contribution < -0.4 is 10.6 Å². The molecular weight excluding hydrogens is 276 g/mol. The van der Waals surface area contributed by atoms with Gasteiger partial charge in [0, 0.05) is 28.9 Å². The minimum absolute atomic E-state index is 0.142. The third-order valence-corrected chi connectivity index (χ3v) is 3.83. The molecule has 5 nitrogen and oxygen atoms in total. The monoisotopic (exact) mass is 294 g/mol.